The first-order chi connectivity index (χ1) is 14.0. The number of ether oxygens (including phenoxy) is 1. The number of nitrogens with one attached hydrogen (secondary N) is 2. The van der Waals surface area contributed by atoms with Gasteiger partial charge in [0.15, 0.2) is 0 Å². The van der Waals surface area contributed by atoms with E-state index >= 15 is 0 Å². The highest BCUT2D eigenvalue weighted by atomic mass is 28.4. The van der Waals surface area contributed by atoms with E-state index in [1.807, 2.05) is 51.1 Å². The van der Waals surface area contributed by atoms with Crippen LogP contribution in [0.2, 0.25) is 6.04 Å². The van der Waals surface area contributed by atoms with Crippen molar-refractivity contribution in [2.24, 2.45) is 0 Å². The van der Waals surface area contributed by atoms with Gasteiger partial charge in [0, 0.05) is 39.0 Å². The smallest absolute Gasteiger partial charge is 0.449 e. The zero-order valence-corrected chi connectivity index (χ0v) is 18.7. The molecule has 1 aromatic carbocycles. The van der Waals surface area contributed by atoms with E-state index in [-0.39, 0.29) is 18.9 Å². The summed E-state index contributed by atoms with van der Waals surface area (Å²) in [5.74, 6) is -0.169. The Labute approximate surface area is 174 Å². The van der Waals surface area contributed by atoms with Crippen LogP contribution < -0.4 is 10.6 Å². The van der Waals surface area contributed by atoms with Gasteiger partial charge in [-0.15, -0.1) is 0 Å². The van der Waals surface area contributed by atoms with Crippen LogP contribution >= 0.6 is 0 Å². The summed E-state index contributed by atoms with van der Waals surface area (Å²) in [6, 6.07) is 10.2. The molecule has 0 unspecified atom stereocenters. The Kier molecular flexibility index (Phi) is 13.0. The van der Waals surface area contributed by atoms with Crippen LogP contribution in [0.15, 0.2) is 30.3 Å². The standard InChI is InChI=1S/C20H34N2O6Si/c1-4-26-29(27-5-2,28-6-3)16-10-14-21-19(23)13-15-25-20(24)22-17-18-11-8-7-9-12-18/h7-9,11-12H,4-6,10,13-17H2,1-3H3,(H,21,23)(H,22,24). The molecule has 1 aromatic rings. The normalized spacial score (nSPS) is 11.1. The van der Waals surface area contributed by atoms with Gasteiger partial charge in [-0.2, -0.15) is 0 Å². The number of carbonyl (C=O) groups is 2. The van der Waals surface area contributed by atoms with Gasteiger partial charge >= 0.3 is 14.9 Å². The molecular weight excluding hydrogens is 392 g/mol. The van der Waals surface area contributed by atoms with Crippen molar-refractivity contribution in [2.75, 3.05) is 33.0 Å². The van der Waals surface area contributed by atoms with Crippen molar-refractivity contribution in [3.8, 4) is 0 Å². The second-order valence-corrected chi connectivity index (χ2v) is 8.89. The van der Waals surface area contributed by atoms with Crippen LogP contribution in [0, 0.1) is 0 Å². The maximum Gasteiger partial charge on any atom is 0.500 e. The van der Waals surface area contributed by atoms with E-state index in [4.69, 9.17) is 18.0 Å². The summed E-state index contributed by atoms with van der Waals surface area (Å²) in [4.78, 5) is 23.6. The Morgan fingerprint density at radius 2 is 1.55 bits per heavy atom. The number of carbonyl (C=O) groups excluding carboxylic acids is 2. The second-order valence-electron chi connectivity index (χ2n) is 6.16. The van der Waals surface area contributed by atoms with Crippen molar-refractivity contribution in [1.29, 1.82) is 0 Å². The van der Waals surface area contributed by atoms with Gasteiger partial charge in [0.2, 0.25) is 5.91 Å². The van der Waals surface area contributed by atoms with Crippen LogP contribution in [0.3, 0.4) is 0 Å². The molecule has 0 saturated carbocycles. The molecule has 0 aliphatic heterocycles. The van der Waals surface area contributed by atoms with Crippen LogP contribution in [-0.2, 0) is 29.4 Å². The molecular formula is C20H34N2O6Si. The lowest BCUT2D eigenvalue weighted by Gasteiger charge is -2.28. The SMILES string of the molecule is CCO[Si](CCCNC(=O)CCOC(=O)NCc1ccccc1)(OCC)OCC. The molecule has 8 nitrogen and oxygen atoms in total. The molecule has 0 saturated heterocycles. The quantitative estimate of drug-likeness (QED) is 0.331. The van der Waals surface area contributed by atoms with E-state index in [9.17, 15) is 9.59 Å². The van der Waals surface area contributed by atoms with Crippen molar-refractivity contribution in [3.05, 3.63) is 35.9 Å². The fraction of sp³-hybridized carbons (Fsp3) is 0.600. The van der Waals surface area contributed by atoms with Crippen LogP contribution in [0.25, 0.3) is 0 Å². The molecule has 9 heteroatoms. The van der Waals surface area contributed by atoms with E-state index in [1.54, 1.807) is 0 Å². The van der Waals surface area contributed by atoms with Gasteiger partial charge in [-0.3, -0.25) is 4.79 Å². The van der Waals surface area contributed by atoms with Gasteiger partial charge in [0.25, 0.3) is 0 Å². The Hall–Kier alpha value is -1.94. The average molecular weight is 427 g/mol. The van der Waals surface area contributed by atoms with Crippen molar-refractivity contribution < 1.29 is 27.6 Å². The van der Waals surface area contributed by atoms with Gasteiger partial charge in [-0.25, -0.2) is 4.79 Å². The van der Waals surface area contributed by atoms with Crippen LogP contribution in [0.5, 0.6) is 0 Å². The Balaban J connectivity index is 2.18. The number of amides is 2. The third kappa shape index (κ3) is 11.0. The first-order valence-electron chi connectivity index (χ1n) is 10.2. The second kappa shape index (κ2) is 15.0. The average Bonchev–Trinajstić information content (AvgIpc) is 2.71. The largest absolute Gasteiger partial charge is 0.500 e. The van der Waals surface area contributed by atoms with Crippen molar-refractivity contribution in [3.63, 3.8) is 0 Å². The first-order valence-corrected chi connectivity index (χ1v) is 12.1. The van der Waals surface area contributed by atoms with Gasteiger partial charge in [-0.1, -0.05) is 30.3 Å². The molecule has 0 heterocycles. The van der Waals surface area contributed by atoms with Crippen molar-refractivity contribution in [2.45, 2.75) is 46.2 Å². The molecule has 0 bridgehead atoms. The fourth-order valence-corrected chi connectivity index (χ4v) is 5.29. The topological polar surface area (TPSA) is 95.1 Å². The molecule has 0 aliphatic carbocycles. The minimum atomic E-state index is -2.67. The Morgan fingerprint density at radius 1 is 0.931 bits per heavy atom. The molecule has 2 N–H and O–H groups in total. The van der Waals surface area contributed by atoms with E-state index < -0.39 is 14.9 Å². The summed E-state index contributed by atoms with van der Waals surface area (Å²) >= 11 is 0. The summed E-state index contributed by atoms with van der Waals surface area (Å²) in [6.45, 7) is 8.24. The van der Waals surface area contributed by atoms with Crippen LogP contribution in [-0.4, -0.2) is 53.8 Å². The van der Waals surface area contributed by atoms with E-state index in [1.165, 1.54) is 0 Å². The van der Waals surface area contributed by atoms with Crippen molar-refractivity contribution >= 4 is 20.8 Å². The lowest BCUT2D eigenvalue weighted by Crippen LogP contribution is -2.46. The highest BCUT2D eigenvalue weighted by molar-refractivity contribution is 6.60. The van der Waals surface area contributed by atoms with E-state index in [0.717, 1.165) is 5.56 Å². The van der Waals surface area contributed by atoms with E-state index in [0.29, 0.717) is 45.4 Å². The zero-order chi connectivity index (χ0) is 21.4. The molecule has 0 aliphatic rings. The molecule has 164 valence electrons. The molecule has 29 heavy (non-hydrogen) atoms. The monoisotopic (exact) mass is 426 g/mol. The first kappa shape index (κ1) is 25.1. The van der Waals surface area contributed by atoms with Crippen molar-refractivity contribution in [1.82, 2.24) is 10.6 Å². The summed E-state index contributed by atoms with van der Waals surface area (Å²) in [5, 5.41) is 5.47. The molecule has 0 atom stereocenters. The molecule has 0 fully saturated rings. The molecule has 0 spiro atoms. The summed E-state index contributed by atoms with van der Waals surface area (Å²) in [5.41, 5.74) is 0.980. The minimum Gasteiger partial charge on any atom is -0.449 e. The summed E-state index contributed by atoms with van der Waals surface area (Å²) in [6.07, 6.45) is 0.266. The van der Waals surface area contributed by atoms with E-state index in [2.05, 4.69) is 10.6 Å². The van der Waals surface area contributed by atoms with Crippen LogP contribution in [0.1, 0.15) is 39.2 Å². The molecule has 0 aromatic heterocycles. The highest BCUT2D eigenvalue weighted by Crippen LogP contribution is 2.17. The third-order valence-corrected chi connectivity index (χ3v) is 7.07. The number of benzene rings is 1. The Bertz CT molecular complexity index is 571. The third-order valence-electron chi connectivity index (χ3n) is 3.92. The fourth-order valence-electron chi connectivity index (χ4n) is 2.68. The van der Waals surface area contributed by atoms with Gasteiger partial charge in [0.05, 0.1) is 6.42 Å². The predicted molar refractivity (Wildman–Crippen MR) is 112 cm³/mol. The number of rotatable bonds is 15. The highest BCUT2D eigenvalue weighted by Gasteiger charge is 2.39. The lowest BCUT2D eigenvalue weighted by atomic mass is 10.2. The van der Waals surface area contributed by atoms with Gasteiger partial charge < -0.3 is 28.6 Å². The Morgan fingerprint density at radius 3 is 2.14 bits per heavy atom. The maximum absolute atomic E-state index is 11.9. The van der Waals surface area contributed by atoms with Gasteiger partial charge in [0.1, 0.15) is 6.61 Å². The summed E-state index contributed by atoms with van der Waals surface area (Å²) in [7, 11) is -2.67. The van der Waals surface area contributed by atoms with Crippen LogP contribution in [0.4, 0.5) is 4.79 Å². The maximum atomic E-state index is 11.9. The summed E-state index contributed by atoms with van der Waals surface area (Å²) < 4.78 is 22.4. The zero-order valence-electron chi connectivity index (χ0n) is 17.7. The number of alkyl carbamates (subject to hydrolysis) is 1. The molecule has 2 amide bonds. The molecule has 1 rings (SSSR count). The number of hydrogen-bond acceptors (Lipinski definition) is 6. The van der Waals surface area contributed by atoms with Gasteiger partial charge in [-0.05, 0) is 32.8 Å². The number of hydrogen-bond donors (Lipinski definition) is 2. The molecule has 0 radical (unpaired) electrons. The predicted octanol–water partition coefficient (Wildman–Crippen LogP) is 2.86. The minimum absolute atomic E-state index is 0.0297. The lowest BCUT2D eigenvalue weighted by molar-refractivity contribution is -0.121.